The van der Waals surface area contributed by atoms with Gasteiger partial charge in [0.15, 0.2) is 11.6 Å². The van der Waals surface area contributed by atoms with E-state index in [2.05, 4.69) is 0 Å². The van der Waals surface area contributed by atoms with Crippen molar-refractivity contribution in [1.82, 2.24) is 0 Å². The van der Waals surface area contributed by atoms with Crippen LogP contribution in [-0.4, -0.2) is 12.0 Å². The number of nitrogens with zero attached hydrogens (tertiary/aromatic N) is 1. The van der Waals surface area contributed by atoms with Crippen molar-refractivity contribution in [1.29, 1.82) is 0 Å². The number of ether oxygens (including phenoxy) is 1. The molecule has 1 unspecified atom stereocenters. The van der Waals surface area contributed by atoms with Crippen LogP contribution in [0, 0.1) is 15.9 Å². The van der Waals surface area contributed by atoms with Gasteiger partial charge in [0.05, 0.1) is 13.2 Å². The second kappa shape index (κ2) is 5.27. The molecule has 1 atom stereocenters. The Kier molecular flexibility index (Phi) is 3.71. The summed E-state index contributed by atoms with van der Waals surface area (Å²) in [4.78, 5) is 9.84. The van der Waals surface area contributed by atoms with Crippen LogP contribution >= 0.6 is 11.6 Å². The first kappa shape index (κ1) is 13.4. The average Bonchev–Trinajstić information content (AvgIpc) is 2.87. The molecule has 2 aromatic rings. The lowest BCUT2D eigenvalue weighted by Crippen LogP contribution is -1.95. The molecule has 7 heteroatoms. The Morgan fingerprint density at radius 2 is 2.16 bits per heavy atom. The van der Waals surface area contributed by atoms with Crippen molar-refractivity contribution >= 4 is 17.5 Å². The van der Waals surface area contributed by atoms with E-state index in [0.29, 0.717) is 5.56 Å². The van der Waals surface area contributed by atoms with Crippen molar-refractivity contribution in [3.05, 3.63) is 57.6 Å². The van der Waals surface area contributed by atoms with Crippen LogP contribution in [-0.2, 0) is 0 Å². The summed E-state index contributed by atoms with van der Waals surface area (Å²) in [5.74, 6) is -0.697. The van der Waals surface area contributed by atoms with Gasteiger partial charge in [-0.2, -0.15) is 0 Å². The lowest BCUT2D eigenvalue weighted by molar-refractivity contribution is -0.402. The fraction of sp³-hybridized carbons (Fsp3) is 0.167. The molecule has 5 nitrogen and oxygen atoms in total. The van der Waals surface area contributed by atoms with E-state index in [1.807, 2.05) is 0 Å². The zero-order valence-corrected chi connectivity index (χ0v) is 10.6. The topological polar surface area (TPSA) is 65.5 Å². The molecule has 0 spiro atoms. The normalized spacial score (nSPS) is 12.2. The summed E-state index contributed by atoms with van der Waals surface area (Å²) in [6.07, 6.45) is 0. The second-order valence-corrected chi connectivity index (χ2v) is 4.13. The molecule has 100 valence electrons. The monoisotopic (exact) mass is 285 g/mol. The summed E-state index contributed by atoms with van der Waals surface area (Å²) in [7, 11) is 1.35. The van der Waals surface area contributed by atoms with Gasteiger partial charge in [-0.3, -0.25) is 10.1 Å². The molecule has 0 aliphatic heterocycles. The first-order valence-corrected chi connectivity index (χ1v) is 5.68. The Morgan fingerprint density at radius 1 is 1.42 bits per heavy atom. The lowest BCUT2D eigenvalue weighted by atomic mass is 10.1. The molecule has 1 aromatic carbocycles. The first-order valence-electron chi connectivity index (χ1n) is 5.24. The van der Waals surface area contributed by atoms with E-state index in [9.17, 15) is 14.5 Å². The first-order chi connectivity index (χ1) is 9.02. The highest BCUT2D eigenvalue weighted by molar-refractivity contribution is 6.22. The second-order valence-electron chi connectivity index (χ2n) is 3.69. The quantitative estimate of drug-likeness (QED) is 0.488. The predicted molar refractivity (Wildman–Crippen MR) is 66.0 cm³/mol. The number of furan rings is 1. The minimum Gasteiger partial charge on any atom is -0.494 e. The predicted octanol–water partition coefficient (Wildman–Crippen LogP) is 3.66. The Balaban J connectivity index is 2.30. The maximum Gasteiger partial charge on any atom is 0.433 e. The van der Waals surface area contributed by atoms with Crippen LogP contribution in [0.15, 0.2) is 34.7 Å². The van der Waals surface area contributed by atoms with E-state index in [-0.39, 0.29) is 11.5 Å². The number of hydrogen-bond acceptors (Lipinski definition) is 4. The molecule has 1 heterocycles. The number of nitro groups is 1. The number of benzene rings is 1. The number of halogens is 2. The number of hydrogen-bond donors (Lipinski definition) is 0. The fourth-order valence-electron chi connectivity index (χ4n) is 1.58. The van der Waals surface area contributed by atoms with E-state index in [1.165, 1.54) is 31.4 Å². The van der Waals surface area contributed by atoms with Crippen molar-refractivity contribution in [2.75, 3.05) is 7.11 Å². The maximum atomic E-state index is 13.5. The van der Waals surface area contributed by atoms with Crippen molar-refractivity contribution in [3.63, 3.8) is 0 Å². The third-order valence-corrected chi connectivity index (χ3v) is 2.98. The minimum absolute atomic E-state index is 0.0954. The molecular weight excluding hydrogens is 277 g/mol. The van der Waals surface area contributed by atoms with Crippen molar-refractivity contribution in [2.24, 2.45) is 0 Å². The number of methoxy groups -OCH3 is 1. The van der Waals surface area contributed by atoms with Crippen LogP contribution in [0.3, 0.4) is 0 Å². The molecule has 2 rings (SSSR count). The molecule has 0 N–H and O–H groups in total. The van der Waals surface area contributed by atoms with Gasteiger partial charge in [-0.1, -0.05) is 6.07 Å². The lowest BCUT2D eigenvalue weighted by Gasteiger charge is -2.08. The number of rotatable bonds is 4. The molecule has 0 saturated carbocycles. The van der Waals surface area contributed by atoms with E-state index in [0.717, 1.165) is 0 Å². The average molecular weight is 286 g/mol. The molecule has 0 radical (unpaired) electrons. The Morgan fingerprint density at radius 3 is 2.68 bits per heavy atom. The molecule has 1 aromatic heterocycles. The van der Waals surface area contributed by atoms with Gasteiger partial charge in [0, 0.05) is 0 Å². The minimum atomic E-state index is -0.811. The molecular formula is C12H9ClFNO4. The van der Waals surface area contributed by atoms with Crippen LogP contribution in [0.2, 0.25) is 0 Å². The SMILES string of the molecule is COc1ccc(C(Cl)c2ccc([N+](=O)[O-])o2)cc1F. The molecule has 0 aliphatic carbocycles. The molecule has 0 amide bonds. The van der Waals surface area contributed by atoms with Crippen LogP contribution in [0.25, 0.3) is 0 Å². The molecule has 0 fully saturated rings. The van der Waals surface area contributed by atoms with Gasteiger partial charge in [-0.15, -0.1) is 11.6 Å². The summed E-state index contributed by atoms with van der Waals surface area (Å²) in [5, 5.41) is 9.69. The summed E-state index contributed by atoms with van der Waals surface area (Å²) in [6.45, 7) is 0. The van der Waals surface area contributed by atoms with Gasteiger partial charge in [0.1, 0.15) is 16.1 Å². The van der Waals surface area contributed by atoms with Gasteiger partial charge in [0.25, 0.3) is 0 Å². The Labute approximate surface area is 112 Å². The van der Waals surface area contributed by atoms with Crippen LogP contribution < -0.4 is 4.74 Å². The van der Waals surface area contributed by atoms with E-state index in [1.54, 1.807) is 6.07 Å². The van der Waals surface area contributed by atoms with Crippen molar-refractivity contribution < 1.29 is 18.5 Å². The largest absolute Gasteiger partial charge is 0.494 e. The summed E-state index contributed by atoms with van der Waals surface area (Å²) < 4.78 is 23.3. The van der Waals surface area contributed by atoms with Gasteiger partial charge in [0.2, 0.25) is 0 Å². The summed E-state index contributed by atoms with van der Waals surface area (Å²) in [5.41, 5.74) is 0.421. The highest BCUT2D eigenvalue weighted by Crippen LogP contribution is 2.33. The highest BCUT2D eigenvalue weighted by Gasteiger charge is 2.20. The maximum absolute atomic E-state index is 13.5. The van der Waals surface area contributed by atoms with Crippen LogP contribution in [0.5, 0.6) is 5.75 Å². The Bertz CT molecular complexity index is 614. The highest BCUT2D eigenvalue weighted by atomic mass is 35.5. The standard InChI is InChI=1S/C12H9ClFNO4/c1-18-9-3-2-7(6-8(9)14)12(13)10-4-5-11(19-10)15(16)17/h2-6,12H,1H3. The van der Waals surface area contributed by atoms with Crippen molar-refractivity contribution in [3.8, 4) is 5.75 Å². The summed E-state index contributed by atoms with van der Waals surface area (Å²) in [6, 6.07) is 6.78. The van der Waals surface area contributed by atoms with E-state index >= 15 is 0 Å². The van der Waals surface area contributed by atoms with Crippen LogP contribution in [0.4, 0.5) is 10.3 Å². The van der Waals surface area contributed by atoms with Gasteiger partial charge in [-0.25, -0.2) is 4.39 Å². The van der Waals surface area contributed by atoms with Crippen LogP contribution in [0.1, 0.15) is 16.7 Å². The van der Waals surface area contributed by atoms with Gasteiger partial charge >= 0.3 is 5.88 Å². The fourth-order valence-corrected chi connectivity index (χ4v) is 1.83. The van der Waals surface area contributed by atoms with Gasteiger partial charge in [-0.05, 0) is 23.8 Å². The third-order valence-electron chi connectivity index (χ3n) is 2.51. The number of alkyl halides is 1. The zero-order valence-electron chi connectivity index (χ0n) is 9.80. The van der Waals surface area contributed by atoms with Crippen molar-refractivity contribution in [2.45, 2.75) is 5.38 Å². The molecule has 0 saturated heterocycles. The zero-order chi connectivity index (χ0) is 14.0. The van der Waals surface area contributed by atoms with Gasteiger partial charge < -0.3 is 9.15 Å². The van der Waals surface area contributed by atoms with E-state index < -0.39 is 22.0 Å². The van der Waals surface area contributed by atoms with E-state index in [4.69, 9.17) is 20.8 Å². The summed E-state index contributed by atoms with van der Waals surface area (Å²) >= 11 is 6.09. The molecule has 0 aliphatic rings. The third kappa shape index (κ3) is 2.68. The Hall–Kier alpha value is -2.08. The molecule has 0 bridgehead atoms. The molecule has 19 heavy (non-hydrogen) atoms. The smallest absolute Gasteiger partial charge is 0.433 e.